The fraction of sp³-hybridized carbons (Fsp3) is 0.357. The summed E-state index contributed by atoms with van der Waals surface area (Å²) in [5.41, 5.74) is 3.37. The van der Waals surface area contributed by atoms with Gasteiger partial charge in [-0.15, -0.1) is 0 Å². The number of aromatic nitrogens is 1. The molecule has 4 aromatic rings. The van der Waals surface area contributed by atoms with Gasteiger partial charge in [-0.3, -0.25) is 4.90 Å². The Morgan fingerprint density at radius 2 is 1.41 bits per heavy atom. The topological polar surface area (TPSA) is 78.1 Å². The zero-order valence-corrected chi connectivity index (χ0v) is 19.5. The molecule has 3 aromatic carbocycles. The number of hydrogen-bond donors (Lipinski definition) is 3. The Balaban J connectivity index is 1.45. The molecular weight excluding hydrogens is 428 g/mol. The summed E-state index contributed by atoms with van der Waals surface area (Å²) in [4.78, 5) is 2.19. The van der Waals surface area contributed by atoms with Gasteiger partial charge >= 0.3 is 0 Å². The van der Waals surface area contributed by atoms with E-state index in [2.05, 4.69) is 45.9 Å². The van der Waals surface area contributed by atoms with Crippen molar-refractivity contribution in [3.05, 3.63) is 78.4 Å². The monoisotopic (exact) mass is 462 g/mol. The number of fused-ring (bicyclic) bond motifs is 3. The molecule has 3 N–H and O–H groups in total. The van der Waals surface area contributed by atoms with Crippen molar-refractivity contribution in [3.63, 3.8) is 0 Å². The van der Waals surface area contributed by atoms with E-state index >= 15 is 0 Å². The smallest absolute Gasteiger partial charge is 0.119 e. The summed E-state index contributed by atoms with van der Waals surface area (Å²) in [5, 5.41) is 31.7. The molecule has 1 heterocycles. The van der Waals surface area contributed by atoms with Gasteiger partial charge in [0, 0.05) is 61.1 Å². The van der Waals surface area contributed by atoms with Gasteiger partial charge in [0.25, 0.3) is 0 Å². The summed E-state index contributed by atoms with van der Waals surface area (Å²) in [7, 11) is 0. The maximum atomic E-state index is 11.1. The first-order valence-corrected chi connectivity index (χ1v) is 12.0. The summed E-state index contributed by atoms with van der Waals surface area (Å²) >= 11 is 0. The van der Waals surface area contributed by atoms with Crippen LogP contribution in [-0.2, 0) is 13.1 Å². The van der Waals surface area contributed by atoms with Crippen LogP contribution in [0.2, 0.25) is 0 Å². The number of benzene rings is 3. The molecule has 180 valence electrons. The third-order valence-electron chi connectivity index (χ3n) is 6.08. The minimum Gasteiger partial charge on any atom is -0.494 e. The van der Waals surface area contributed by atoms with E-state index in [-0.39, 0.29) is 13.2 Å². The predicted molar refractivity (Wildman–Crippen MR) is 136 cm³/mol. The molecule has 6 heteroatoms. The van der Waals surface area contributed by atoms with E-state index in [0.29, 0.717) is 45.6 Å². The first-order valence-electron chi connectivity index (χ1n) is 12.0. The van der Waals surface area contributed by atoms with E-state index in [1.807, 2.05) is 36.4 Å². The van der Waals surface area contributed by atoms with Gasteiger partial charge in [0.1, 0.15) is 5.75 Å². The van der Waals surface area contributed by atoms with E-state index in [1.165, 1.54) is 10.8 Å². The van der Waals surface area contributed by atoms with Crippen molar-refractivity contribution in [3.8, 4) is 5.75 Å². The van der Waals surface area contributed by atoms with Crippen molar-refractivity contribution in [1.29, 1.82) is 0 Å². The highest BCUT2D eigenvalue weighted by molar-refractivity contribution is 6.07. The van der Waals surface area contributed by atoms with Gasteiger partial charge in [-0.2, -0.15) is 0 Å². The van der Waals surface area contributed by atoms with Gasteiger partial charge in [-0.25, -0.2) is 0 Å². The van der Waals surface area contributed by atoms with Gasteiger partial charge < -0.3 is 24.6 Å². The minimum absolute atomic E-state index is 0.120. The lowest BCUT2D eigenvalue weighted by Crippen LogP contribution is -2.35. The average molecular weight is 463 g/mol. The largest absolute Gasteiger partial charge is 0.494 e. The van der Waals surface area contributed by atoms with Crippen LogP contribution in [0.4, 0.5) is 0 Å². The molecule has 0 bridgehead atoms. The fourth-order valence-corrected chi connectivity index (χ4v) is 4.50. The second kappa shape index (κ2) is 12.0. The van der Waals surface area contributed by atoms with Crippen molar-refractivity contribution in [2.75, 3.05) is 32.9 Å². The van der Waals surface area contributed by atoms with Crippen molar-refractivity contribution >= 4 is 21.8 Å². The van der Waals surface area contributed by atoms with Gasteiger partial charge in [-0.05, 0) is 36.2 Å². The van der Waals surface area contributed by atoms with E-state index in [0.717, 1.165) is 22.3 Å². The molecule has 0 spiro atoms. The molecule has 0 aliphatic carbocycles. The lowest BCUT2D eigenvalue weighted by atomic mass is 10.2. The van der Waals surface area contributed by atoms with Gasteiger partial charge in [0.05, 0.1) is 19.3 Å². The van der Waals surface area contributed by atoms with Crippen molar-refractivity contribution in [2.45, 2.75) is 32.0 Å². The second-order valence-corrected chi connectivity index (χ2v) is 8.68. The maximum absolute atomic E-state index is 11.1. The number of rotatable bonds is 13. The first-order chi connectivity index (χ1) is 16.7. The Labute approximate surface area is 200 Å². The summed E-state index contributed by atoms with van der Waals surface area (Å²) in [6.45, 7) is 3.13. The van der Waals surface area contributed by atoms with Crippen LogP contribution >= 0.6 is 0 Å². The van der Waals surface area contributed by atoms with Crippen LogP contribution < -0.4 is 4.74 Å². The summed E-state index contributed by atoms with van der Waals surface area (Å²) in [6, 6.07) is 24.6. The van der Waals surface area contributed by atoms with Crippen LogP contribution in [-0.4, -0.2) is 63.8 Å². The number of nitrogens with zero attached hydrogens (tertiary/aromatic N) is 2. The van der Waals surface area contributed by atoms with Gasteiger partial charge in [-0.1, -0.05) is 48.5 Å². The maximum Gasteiger partial charge on any atom is 0.119 e. The quantitative estimate of drug-likeness (QED) is 0.264. The highest BCUT2D eigenvalue weighted by Gasteiger charge is 2.16. The van der Waals surface area contributed by atoms with E-state index in [9.17, 15) is 10.2 Å². The number of para-hydroxylation sites is 2. The SMILES string of the molecule is OCCCOc1ccc(CN(CCCO)C[C@@H](O)Cn2c3ccccc3c3ccccc32)cc1. The third-order valence-corrected chi connectivity index (χ3v) is 6.08. The lowest BCUT2D eigenvalue weighted by molar-refractivity contribution is 0.0921. The van der Waals surface area contributed by atoms with Crippen LogP contribution in [0, 0.1) is 0 Å². The Kier molecular flexibility index (Phi) is 8.55. The molecule has 0 aliphatic heterocycles. The zero-order chi connectivity index (χ0) is 23.8. The van der Waals surface area contributed by atoms with Crippen LogP contribution in [0.25, 0.3) is 21.8 Å². The molecule has 0 amide bonds. The standard InChI is InChI=1S/C28H34N2O4/c31-16-5-15-29(19-22-11-13-24(14-12-22)34-18-6-17-32)20-23(33)21-30-27-9-3-1-7-25(27)26-8-2-4-10-28(26)30/h1-4,7-14,23,31-33H,5-6,15-21H2/t23-/m1/s1. The van der Waals surface area contributed by atoms with Crippen molar-refractivity contribution in [2.24, 2.45) is 0 Å². The normalized spacial score (nSPS) is 12.6. The van der Waals surface area contributed by atoms with Gasteiger partial charge in [0.2, 0.25) is 0 Å². The van der Waals surface area contributed by atoms with Crippen molar-refractivity contribution < 1.29 is 20.1 Å². The Morgan fingerprint density at radius 3 is 2.03 bits per heavy atom. The number of hydrogen-bond acceptors (Lipinski definition) is 5. The molecule has 6 nitrogen and oxygen atoms in total. The summed E-state index contributed by atoms with van der Waals surface area (Å²) < 4.78 is 7.82. The summed E-state index contributed by atoms with van der Waals surface area (Å²) in [5.74, 6) is 0.783. The average Bonchev–Trinajstić information content (AvgIpc) is 3.17. The van der Waals surface area contributed by atoms with E-state index < -0.39 is 6.10 Å². The zero-order valence-electron chi connectivity index (χ0n) is 19.5. The molecule has 1 aromatic heterocycles. The van der Waals surface area contributed by atoms with E-state index in [1.54, 1.807) is 0 Å². The lowest BCUT2D eigenvalue weighted by Gasteiger charge is -2.26. The second-order valence-electron chi connectivity index (χ2n) is 8.68. The molecule has 0 saturated carbocycles. The molecule has 34 heavy (non-hydrogen) atoms. The molecule has 0 aliphatic rings. The predicted octanol–water partition coefficient (Wildman–Crippen LogP) is 3.80. The number of aliphatic hydroxyl groups is 3. The van der Waals surface area contributed by atoms with Crippen LogP contribution in [0.15, 0.2) is 72.8 Å². The first kappa shape index (κ1) is 24.2. The number of aliphatic hydroxyl groups excluding tert-OH is 3. The number of ether oxygens (including phenoxy) is 1. The van der Waals surface area contributed by atoms with Gasteiger partial charge in [0.15, 0.2) is 0 Å². The minimum atomic E-state index is -0.556. The molecule has 0 fully saturated rings. The fourth-order valence-electron chi connectivity index (χ4n) is 4.50. The van der Waals surface area contributed by atoms with Crippen LogP contribution in [0.1, 0.15) is 18.4 Å². The Morgan fingerprint density at radius 1 is 0.794 bits per heavy atom. The van der Waals surface area contributed by atoms with Crippen molar-refractivity contribution in [1.82, 2.24) is 9.47 Å². The molecular formula is C28H34N2O4. The molecule has 1 atom stereocenters. The molecule has 0 radical (unpaired) electrons. The van der Waals surface area contributed by atoms with E-state index in [4.69, 9.17) is 9.84 Å². The summed E-state index contributed by atoms with van der Waals surface area (Å²) in [6.07, 6.45) is 0.712. The Bertz CT molecular complexity index is 1120. The highest BCUT2D eigenvalue weighted by atomic mass is 16.5. The van der Waals surface area contributed by atoms with Crippen LogP contribution in [0.5, 0.6) is 5.75 Å². The molecule has 0 unspecified atom stereocenters. The third kappa shape index (κ3) is 5.96. The highest BCUT2D eigenvalue weighted by Crippen LogP contribution is 2.29. The Hall–Kier alpha value is -2.90. The molecule has 4 rings (SSSR count). The van der Waals surface area contributed by atoms with Crippen LogP contribution in [0.3, 0.4) is 0 Å². The molecule has 0 saturated heterocycles.